The summed E-state index contributed by atoms with van der Waals surface area (Å²) in [4.78, 5) is 10.3. The molecule has 0 heterocycles. The Morgan fingerprint density at radius 1 is 1.09 bits per heavy atom. The molecule has 0 aromatic rings. The van der Waals surface area contributed by atoms with Crippen molar-refractivity contribution >= 4 is 18.5 Å². The summed E-state index contributed by atoms with van der Waals surface area (Å²) in [7, 11) is 0. The average molecular weight is 175 g/mol. The van der Waals surface area contributed by atoms with Crippen LogP contribution in [0.5, 0.6) is 0 Å². The molecule has 0 saturated carbocycles. The van der Waals surface area contributed by atoms with E-state index in [1.54, 1.807) is 0 Å². The van der Waals surface area contributed by atoms with Crippen LogP contribution in [-0.2, 0) is 4.79 Å². The number of rotatable bonds is 7. The first-order valence-electron chi connectivity index (χ1n) is 4.16. The van der Waals surface area contributed by atoms with E-state index in [1.807, 2.05) is 0 Å². The maximum absolute atomic E-state index is 10.3. The summed E-state index contributed by atoms with van der Waals surface area (Å²) in [6, 6.07) is 0. The van der Waals surface area contributed by atoms with E-state index in [2.05, 4.69) is 12.6 Å². The molecule has 0 atom stereocenters. The zero-order valence-electron chi connectivity index (χ0n) is 6.88. The van der Waals surface area contributed by atoms with Crippen LogP contribution >= 0.6 is 12.6 Å². The van der Waals surface area contributed by atoms with Crippen LogP contribution in [0.3, 0.4) is 0 Å². The van der Waals surface area contributed by atoms with Crippen molar-refractivity contribution in [3.63, 3.8) is 0 Å². The van der Waals surface area contributed by atoms with Crippen LogP contribution in [0, 0.1) is 0 Å². The van der Waals surface area contributed by atoms with Gasteiger partial charge in [-0.25, -0.2) is 0 Å². The lowest BCUT2D eigenvalue weighted by Gasteiger charge is -1.97. The molecule has 2 N–H and O–H groups in total. The smallest absolute Gasteiger partial charge is 0.217 e. The molecule has 0 radical (unpaired) electrons. The molecule has 0 aliphatic rings. The third-order valence-electron chi connectivity index (χ3n) is 1.58. The van der Waals surface area contributed by atoms with Gasteiger partial charge in [0.15, 0.2) is 0 Å². The van der Waals surface area contributed by atoms with Gasteiger partial charge in [-0.15, -0.1) is 0 Å². The average Bonchev–Trinajstić information content (AvgIpc) is 1.96. The molecule has 0 saturated heterocycles. The summed E-state index contributed by atoms with van der Waals surface area (Å²) in [5, 5.41) is 0. The molecule has 2 nitrogen and oxygen atoms in total. The van der Waals surface area contributed by atoms with E-state index in [4.69, 9.17) is 5.73 Å². The molecule has 0 unspecified atom stereocenters. The zero-order valence-corrected chi connectivity index (χ0v) is 7.78. The predicted molar refractivity (Wildman–Crippen MR) is 50.7 cm³/mol. The molecule has 0 aliphatic heterocycles. The number of hydrogen-bond donors (Lipinski definition) is 2. The molecule has 66 valence electrons. The second-order valence-electron chi connectivity index (χ2n) is 2.71. The fraction of sp³-hybridized carbons (Fsp3) is 0.875. The second-order valence-corrected chi connectivity index (χ2v) is 3.15. The first-order valence-corrected chi connectivity index (χ1v) is 4.80. The van der Waals surface area contributed by atoms with Gasteiger partial charge in [-0.1, -0.05) is 19.3 Å². The SMILES string of the molecule is NC(=O)CCCCCCCS. The Labute approximate surface area is 74.0 Å². The highest BCUT2D eigenvalue weighted by Crippen LogP contribution is 2.05. The van der Waals surface area contributed by atoms with E-state index < -0.39 is 0 Å². The van der Waals surface area contributed by atoms with E-state index in [1.165, 1.54) is 19.3 Å². The van der Waals surface area contributed by atoms with Crippen molar-refractivity contribution in [2.24, 2.45) is 5.73 Å². The number of nitrogens with two attached hydrogens (primary N) is 1. The number of carbonyl (C=O) groups excluding carboxylic acids is 1. The van der Waals surface area contributed by atoms with Gasteiger partial charge in [0, 0.05) is 6.42 Å². The minimum atomic E-state index is -0.181. The van der Waals surface area contributed by atoms with Crippen LogP contribution in [-0.4, -0.2) is 11.7 Å². The van der Waals surface area contributed by atoms with E-state index in [0.717, 1.165) is 18.6 Å². The molecular weight excluding hydrogens is 158 g/mol. The standard InChI is InChI=1S/C8H17NOS/c9-8(10)6-4-2-1-3-5-7-11/h11H,1-7H2,(H2,9,10). The molecule has 0 fully saturated rings. The predicted octanol–water partition coefficient (Wildman–Crippen LogP) is 1.74. The lowest BCUT2D eigenvalue weighted by molar-refractivity contribution is -0.118. The summed E-state index contributed by atoms with van der Waals surface area (Å²) in [5.41, 5.74) is 4.98. The normalized spacial score (nSPS) is 9.91. The molecule has 0 aromatic carbocycles. The van der Waals surface area contributed by atoms with Crippen LogP contribution in [0.15, 0.2) is 0 Å². The summed E-state index contributed by atoms with van der Waals surface area (Å²) in [5.74, 6) is 0.787. The maximum atomic E-state index is 10.3. The van der Waals surface area contributed by atoms with Gasteiger partial charge in [-0.2, -0.15) is 12.6 Å². The third-order valence-corrected chi connectivity index (χ3v) is 1.90. The Bertz CT molecular complexity index is 106. The Balaban J connectivity index is 2.85. The van der Waals surface area contributed by atoms with Crippen LogP contribution < -0.4 is 5.73 Å². The van der Waals surface area contributed by atoms with Crippen molar-refractivity contribution in [2.45, 2.75) is 38.5 Å². The largest absolute Gasteiger partial charge is 0.370 e. The van der Waals surface area contributed by atoms with Gasteiger partial charge >= 0.3 is 0 Å². The van der Waals surface area contributed by atoms with E-state index >= 15 is 0 Å². The molecule has 11 heavy (non-hydrogen) atoms. The number of unbranched alkanes of at least 4 members (excludes halogenated alkanes) is 4. The Kier molecular flexibility index (Phi) is 7.79. The van der Waals surface area contributed by atoms with Crippen LogP contribution in [0.25, 0.3) is 0 Å². The van der Waals surface area contributed by atoms with E-state index in [0.29, 0.717) is 6.42 Å². The lowest BCUT2D eigenvalue weighted by atomic mass is 10.1. The van der Waals surface area contributed by atoms with E-state index in [-0.39, 0.29) is 5.91 Å². The maximum Gasteiger partial charge on any atom is 0.217 e. The molecule has 3 heteroatoms. The fourth-order valence-electron chi connectivity index (χ4n) is 0.941. The quantitative estimate of drug-likeness (QED) is 0.449. The summed E-state index contributed by atoms with van der Waals surface area (Å²) in [6.07, 6.45) is 6.22. The highest BCUT2D eigenvalue weighted by atomic mass is 32.1. The monoisotopic (exact) mass is 175 g/mol. The second kappa shape index (κ2) is 7.92. The number of primary amides is 1. The fourth-order valence-corrected chi connectivity index (χ4v) is 1.16. The number of thiol groups is 1. The van der Waals surface area contributed by atoms with Crippen molar-refractivity contribution in [3.05, 3.63) is 0 Å². The number of carbonyl (C=O) groups is 1. The highest BCUT2D eigenvalue weighted by molar-refractivity contribution is 7.80. The van der Waals surface area contributed by atoms with Gasteiger partial charge < -0.3 is 5.73 Å². The zero-order chi connectivity index (χ0) is 8.53. The van der Waals surface area contributed by atoms with Crippen LogP contribution in [0.2, 0.25) is 0 Å². The molecule has 1 amide bonds. The van der Waals surface area contributed by atoms with Gasteiger partial charge in [0.25, 0.3) is 0 Å². The van der Waals surface area contributed by atoms with Crippen molar-refractivity contribution in [1.29, 1.82) is 0 Å². The van der Waals surface area contributed by atoms with Crippen molar-refractivity contribution in [1.82, 2.24) is 0 Å². The molecule has 0 aliphatic carbocycles. The highest BCUT2D eigenvalue weighted by Gasteiger charge is 1.93. The molecule has 0 aromatic heterocycles. The van der Waals surface area contributed by atoms with Gasteiger partial charge in [-0.05, 0) is 18.6 Å². The van der Waals surface area contributed by atoms with Gasteiger partial charge in [-0.3, -0.25) is 4.79 Å². The lowest BCUT2D eigenvalue weighted by Crippen LogP contribution is -2.09. The molecule has 0 rings (SSSR count). The minimum Gasteiger partial charge on any atom is -0.370 e. The van der Waals surface area contributed by atoms with Gasteiger partial charge in [0.2, 0.25) is 5.91 Å². The van der Waals surface area contributed by atoms with Crippen molar-refractivity contribution < 1.29 is 4.79 Å². The third kappa shape index (κ3) is 9.82. The summed E-state index contributed by atoms with van der Waals surface area (Å²) >= 11 is 4.10. The van der Waals surface area contributed by atoms with Crippen molar-refractivity contribution in [3.8, 4) is 0 Å². The Morgan fingerprint density at radius 3 is 2.18 bits per heavy atom. The Morgan fingerprint density at radius 2 is 1.64 bits per heavy atom. The topological polar surface area (TPSA) is 43.1 Å². The first-order chi connectivity index (χ1) is 5.27. The molecule has 0 bridgehead atoms. The number of amides is 1. The summed E-state index contributed by atoms with van der Waals surface area (Å²) < 4.78 is 0. The van der Waals surface area contributed by atoms with Crippen LogP contribution in [0.1, 0.15) is 38.5 Å². The van der Waals surface area contributed by atoms with Gasteiger partial charge in [0.05, 0.1) is 0 Å². The first kappa shape index (κ1) is 10.8. The Hall–Kier alpha value is -0.180. The molecule has 0 spiro atoms. The summed E-state index contributed by atoms with van der Waals surface area (Å²) in [6.45, 7) is 0. The van der Waals surface area contributed by atoms with Crippen LogP contribution in [0.4, 0.5) is 0 Å². The minimum absolute atomic E-state index is 0.181. The van der Waals surface area contributed by atoms with E-state index in [9.17, 15) is 4.79 Å². The van der Waals surface area contributed by atoms with Gasteiger partial charge in [0.1, 0.15) is 0 Å². The number of hydrogen-bond acceptors (Lipinski definition) is 2. The molecular formula is C8H17NOS. The van der Waals surface area contributed by atoms with Crippen molar-refractivity contribution in [2.75, 3.05) is 5.75 Å².